The molecule has 1 atom stereocenters. The summed E-state index contributed by atoms with van der Waals surface area (Å²) in [4.78, 5) is 0. The van der Waals surface area contributed by atoms with E-state index in [0.717, 1.165) is 19.0 Å². The molecule has 0 aromatic rings. The van der Waals surface area contributed by atoms with Crippen molar-refractivity contribution in [2.45, 2.75) is 41.0 Å². The molecule has 1 nitrogen and oxygen atoms in total. The van der Waals surface area contributed by atoms with E-state index in [9.17, 15) is 0 Å². The predicted octanol–water partition coefficient (Wildman–Crippen LogP) is 3.90. The van der Waals surface area contributed by atoms with Crippen LogP contribution >= 0.6 is 0 Å². The van der Waals surface area contributed by atoms with Crippen molar-refractivity contribution in [3.8, 4) is 0 Å². The van der Waals surface area contributed by atoms with E-state index in [1.54, 1.807) is 0 Å². The first-order valence-corrected chi connectivity index (χ1v) is 4.53. The number of nitrogens with zero attached hydrogens (tertiary/aromatic N) is 1. The molecule has 0 bridgehead atoms. The summed E-state index contributed by atoms with van der Waals surface area (Å²) in [6.07, 6.45) is 1.32. The number of hydrogen-bond acceptors (Lipinski definition) is 0. The van der Waals surface area contributed by atoms with Crippen molar-refractivity contribution < 1.29 is 32.7 Å². The zero-order valence-corrected chi connectivity index (χ0v) is 12.6. The SMILES string of the molecule is CC.CC.CC1CC[N-]C1.[CH3-].[Y]. The second kappa shape index (κ2) is 22.7. The van der Waals surface area contributed by atoms with Gasteiger partial charge >= 0.3 is 0 Å². The fourth-order valence-electron chi connectivity index (χ4n) is 0.715. The van der Waals surface area contributed by atoms with Crippen molar-refractivity contribution in [3.63, 3.8) is 0 Å². The van der Waals surface area contributed by atoms with Gasteiger partial charge in [-0.05, 0) is 0 Å². The van der Waals surface area contributed by atoms with E-state index in [-0.39, 0.29) is 40.1 Å². The summed E-state index contributed by atoms with van der Waals surface area (Å²) in [5.74, 6) is 0.880. The molecule has 12 heavy (non-hydrogen) atoms. The maximum absolute atomic E-state index is 4.16. The first kappa shape index (κ1) is 23.1. The molecule has 1 heterocycles. The molecule has 1 radical (unpaired) electrons. The van der Waals surface area contributed by atoms with Gasteiger partial charge in [-0.15, -0.1) is 13.1 Å². The van der Waals surface area contributed by atoms with Gasteiger partial charge in [-0.25, -0.2) is 0 Å². The quantitative estimate of drug-likeness (QED) is 0.577. The largest absolute Gasteiger partial charge is 0.662 e. The Kier molecular flexibility index (Phi) is 43.8. The van der Waals surface area contributed by atoms with E-state index in [1.165, 1.54) is 6.42 Å². The Morgan fingerprint density at radius 3 is 1.58 bits per heavy atom. The van der Waals surface area contributed by atoms with Gasteiger partial charge in [0.25, 0.3) is 0 Å². The fraction of sp³-hybridized carbons (Fsp3) is 0.900. The van der Waals surface area contributed by atoms with Gasteiger partial charge in [-0.2, -0.15) is 0 Å². The van der Waals surface area contributed by atoms with Crippen molar-refractivity contribution >= 4 is 0 Å². The number of rotatable bonds is 0. The monoisotopic (exact) mass is 248 g/mol. The van der Waals surface area contributed by atoms with E-state index < -0.39 is 0 Å². The molecule has 1 rings (SSSR count). The van der Waals surface area contributed by atoms with Gasteiger partial charge in [0, 0.05) is 32.7 Å². The standard InChI is InChI=1S/C5H10N.2C2H6.CH3.Y/c1-5-2-3-6-4-5;2*1-2;;/h5H,2-4H2,1H3;2*1-2H3;1H3;/q-1;;;-1;. The van der Waals surface area contributed by atoms with Gasteiger partial charge in [0.15, 0.2) is 0 Å². The molecule has 0 amide bonds. The van der Waals surface area contributed by atoms with Crippen LogP contribution < -0.4 is 0 Å². The Morgan fingerprint density at radius 2 is 1.50 bits per heavy atom. The summed E-state index contributed by atoms with van der Waals surface area (Å²) >= 11 is 0. The Hall–Kier alpha value is 1.06. The topological polar surface area (TPSA) is 14.1 Å². The second-order valence-corrected chi connectivity index (χ2v) is 2.02. The first-order chi connectivity index (χ1) is 4.89. The normalized spacial score (nSPS) is 18.2. The van der Waals surface area contributed by atoms with Crippen LogP contribution in [-0.4, -0.2) is 13.1 Å². The first-order valence-electron chi connectivity index (χ1n) is 4.53. The third-order valence-corrected chi connectivity index (χ3v) is 1.22. The molecule has 0 spiro atoms. The summed E-state index contributed by atoms with van der Waals surface area (Å²) in [6, 6.07) is 0. The van der Waals surface area contributed by atoms with Crippen molar-refractivity contribution in [1.82, 2.24) is 0 Å². The van der Waals surface area contributed by atoms with Crippen LogP contribution in [0.25, 0.3) is 5.32 Å². The summed E-state index contributed by atoms with van der Waals surface area (Å²) in [5.41, 5.74) is 0. The fourth-order valence-corrected chi connectivity index (χ4v) is 0.715. The maximum atomic E-state index is 4.16. The minimum atomic E-state index is 0. The average Bonchev–Trinajstić information content (AvgIpc) is 2.48. The minimum absolute atomic E-state index is 0. The minimum Gasteiger partial charge on any atom is -0.662 e. The molecule has 1 saturated heterocycles. The van der Waals surface area contributed by atoms with Crippen LogP contribution in [-0.2, 0) is 32.7 Å². The van der Waals surface area contributed by atoms with Crippen LogP contribution in [0.3, 0.4) is 0 Å². The van der Waals surface area contributed by atoms with Crippen molar-refractivity contribution in [2.75, 3.05) is 13.1 Å². The molecule has 0 aromatic heterocycles. The van der Waals surface area contributed by atoms with E-state index in [4.69, 9.17) is 0 Å². The summed E-state index contributed by atoms with van der Waals surface area (Å²) in [6.45, 7) is 12.5. The van der Waals surface area contributed by atoms with Crippen LogP contribution in [0, 0.1) is 13.3 Å². The molecule has 2 heteroatoms. The predicted molar refractivity (Wildman–Crippen MR) is 56.0 cm³/mol. The Labute approximate surface area is 105 Å². The Balaban J connectivity index is -0.0000000480. The van der Waals surface area contributed by atoms with Gasteiger partial charge in [-0.1, -0.05) is 47.0 Å². The van der Waals surface area contributed by atoms with Crippen LogP contribution in [0.5, 0.6) is 0 Å². The molecule has 1 aliphatic rings. The maximum Gasteiger partial charge on any atom is 0 e. The van der Waals surface area contributed by atoms with Gasteiger partial charge in [-0.3, -0.25) is 0 Å². The van der Waals surface area contributed by atoms with E-state index in [2.05, 4.69) is 12.2 Å². The van der Waals surface area contributed by atoms with Crippen LogP contribution in [0.4, 0.5) is 0 Å². The van der Waals surface area contributed by atoms with Gasteiger partial charge in [0.05, 0.1) is 0 Å². The Bertz CT molecular complexity index is 43.1. The third kappa shape index (κ3) is 17.2. The van der Waals surface area contributed by atoms with E-state index in [0.29, 0.717) is 0 Å². The molecule has 0 aromatic carbocycles. The van der Waals surface area contributed by atoms with Gasteiger partial charge < -0.3 is 12.7 Å². The molecule has 0 N–H and O–H groups in total. The van der Waals surface area contributed by atoms with Crippen molar-refractivity contribution in [2.24, 2.45) is 5.92 Å². The zero-order valence-electron chi connectivity index (χ0n) is 9.72. The molecule has 1 aliphatic heterocycles. The number of hydrogen-bond donors (Lipinski definition) is 0. The molecule has 0 saturated carbocycles. The average molecular weight is 248 g/mol. The molecule has 75 valence electrons. The molecule has 0 aliphatic carbocycles. The summed E-state index contributed by atoms with van der Waals surface area (Å²) in [7, 11) is 0. The van der Waals surface area contributed by atoms with Crippen LogP contribution in [0.15, 0.2) is 0 Å². The molecule has 1 unspecified atom stereocenters. The van der Waals surface area contributed by atoms with Gasteiger partial charge in [0.2, 0.25) is 0 Å². The van der Waals surface area contributed by atoms with Crippen molar-refractivity contribution in [1.29, 1.82) is 0 Å². The van der Waals surface area contributed by atoms with Crippen molar-refractivity contribution in [3.05, 3.63) is 12.7 Å². The molecular weight excluding hydrogens is 223 g/mol. The molecular formula is C10H25NY-2. The van der Waals surface area contributed by atoms with Gasteiger partial charge in [0.1, 0.15) is 0 Å². The van der Waals surface area contributed by atoms with Crippen LogP contribution in [0.2, 0.25) is 0 Å². The van der Waals surface area contributed by atoms with Crippen LogP contribution in [0.1, 0.15) is 41.0 Å². The summed E-state index contributed by atoms with van der Waals surface area (Å²) < 4.78 is 0. The zero-order chi connectivity index (χ0) is 8.41. The van der Waals surface area contributed by atoms with E-state index >= 15 is 0 Å². The second-order valence-electron chi connectivity index (χ2n) is 2.02. The van der Waals surface area contributed by atoms with E-state index in [1.807, 2.05) is 27.7 Å². The summed E-state index contributed by atoms with van der Waals surface area (Å²) in [5, 5.41) is 4.16. The molecule has 1 fully saturated rings. The smallest absolute Gasteiger partial charge is 0 e. The third-order valence-electron chi connectivity index (χ3n) is 1.22. The Morgan fingerprint density at radius 1 is 1.08 bits per heavy atom.